The second-order valence-electron chi connectivity index (χ2n) is 5.84. The van der Waals surface area contributed by atoms with Gasteiger partial charge in [-0.25, -0.2) is 0 Å². The molecule has 3 N–H and O–H groups in total. The molecule has 0 saturated heterocycles. The van der Waals surface area contributed by atoms with Gasteiger partial charge in [0, 0.05) is 18.2 Å². The number of hydrogen-bond acceptors (Lipinski definition) is 2. The number of nitrogens with one attached hydrogen (secondary N) is 2. The predicted molar refractivity (Wildman–Crippen MR) is 73.8 cm³/mol. The Kier molecular flexibility index (Phi) is 3.73. The zero-order valence-electron chi connectivity index (χ0n) is 10.6. The maximum atomic E-state index is 8.97. The number of rotatable bonds is 4. The van der Waals surface area contributed by atoms with Crippen LogP contribution in [0.15, 0.2) is 12.2 Å². The maximum absolute atomic E-state index is 8.97. The summed E-state index contributed by atoms with van der Waals surface area (Å²) in [6, 6.07) is 0.495. The topological polar surface area (TPSA) is 44.3 Å². The van der Waals surface area contributed by atoms with Gasteiger partial charge in [-0.3, -0.25) is 0 Å². The molecule has 2 bridgehead atoms. The SMILES string of the molecule is CC(C)(CCO)NC(=S)N[C@@H]1C[C@H]2C=C[C@@H]1C2. The second kappa shape index (κ2) is 4.94. The Morgan fingerprint density at radius 3 is 2.71 bits per heavy atom. The van der Waals surface area contributed by atoms with Gasteiger partial charge >= 0.3 is 0 Å². The predicted octanol–water partition coefficient (Wildman–Crippen LogP) is 1.58. The number of aliphatic hydroxyl groups excluding tert-OH is 1. The molecule has 0 aromatic carbocycles. The molecule has 2 aliphatic rings. The number of thiocarbonyl (C=S) groups is 1. The highest BCUT2D eigenvalue weighted by Gasteiger charge is 2.36. The van der Waals surface area contributed by atoms with Gasteiger partial charge in [0.15, 0.2) is 5.11 Å². The van der Waals surface area contributed by atoms with E-state index in [-0.39, 0.29) is 12.1 Å². The van der Waals surface area contributed by atoms with Crippen LogP contribution in [0.1, 0.15) is 33.1 Å². The fourth-order valence-corrected chi connectivity index (χ4v) is 3.23. The van der Waals surface area contributed by atoms with E-state index in [0.717, 1.165) is 11.0 Å². The van der Waals surface area contributed by atoms with Crippen molar-refractivity contribution in [2.45, 2.75) is 44.7 Å². The number of aliphatic hydroxyl groups is 1. The summed E-state index contributed by atoms with van der Waals surface area (Å²) in [5.74, 6) is 1.41. The molecular formula is C13H22N2OS. The lowest BCUT2D eigenvalue weighted by Gasteiger charge is -2.30. The first-order valence-corrected chi connectivity index (χ1v) is 6.79. The third-order valence-electron chi connectivity index (χ3n) is 3.78. The molecule has 1 fully saturated rings. The Bertz CT molecular complexity index is 327. The van der Waals surface area contributed by atoms with Gasteiger partial charge in [-0.05, 0) is 57.2 Å². The van der Waals surface area contributed by atoms with E-state index < -0.39 is 0 Å². The fraction of sp³-hybridized carbons (Fsp3) is 0.769. The number of hydrogen-bond donors (Lipinski definition) is 3. The standard InChI is InChI=1S/C13H22N2OS/c1-13(2,5-6-16)15-12(17)14-11-8-9-3-4-10(11)7-9/h3-4,9-11,16H,5-8H2,1-2H3,(H2,14,15,17)/t9-,10+,11+/m0/s1. The van der Waals surface area contributed by atoms with E-state index >= 15 is 0 Å². The first-order chi connectivity index (χ1) is 8.00. The molecule has 0 aliphatic heterocycles. The largest absolute Gasteiger partial charge is 0.396 e. The zero-order valence-corrected chi connectivity index (χ0v) is 11.4. The summed E-state index contributed by atoms with van der Waals surface area (Å²) < 4.78 is 0. The third-order valence-corrected chi connectivity index (χ3v) is 4.00. The quantitative estimate of drug-likeness (QED) is 0.526. The molecule has 4 heteroatoms. The molecule has 17 heavy (non-hydrogen) atoms. The Balaban J connectivity index is 1.80. The van der Waals surface area contributed by atoms with Gasteiger partial charge in [-0.1, -0.05) is 12.2 Å². The van der Waals surface area contributed by atoms with Gasteiger partial charge in [0.2, 0.25) is 0 Å². The summed E-state index contributed by atoms with van der Waals surface area (Å²) in [6.45, 7) is 4.29. The molecule has 2 rings (SSSR count). The molecule has 0 unspecified atom stereocenters. The summed E-state index contributed by atoms with van der Waals surface area (Å²) in [5.41, 5.74) is -0.147. The van der Waals surface area contributed by atoms with Gasteiger partial charge in [-0.15, -0.1) is 0 Å². The van der Waals surface area contributed by atoms with E-state index in [2.05, 4.69) is 36.6 Å². The van der Waals surface area contributed by atoms with Crippen LogP contribution in [-0.2, 0) is 0 Å². The minimum absolute atomic E-state index is 0.147. The minimum Gasteiger partial charge on any atom is -0.396 e. The van der Waals surface area contributed by atoms with Crippen LogP contribution >= 0.6 is 12.2 Å². The van der Waals surface area contributed by atoms with Crippen molar-refractivity contribution in [3.8, 4) is 0 Å². The van der Waals surface area contributed by atoms with E-state index in [1.165, 1.54) is 12.8 Å². The van der Waals surface area contributed by atoms with Crippen LogP contribution in [0, 0.1) is 11.8 Å². The molecule has 0 aromatic rings. The highest BCUT2D eigenvalue weighted by Crippen LogP contribution is 2.38. The second-order valence-corrected chi connectivity index (χ2v) is 6.25. The first kappa shape index (κ1) is 12.8. The van der Waals surface area contributed by atoms with Crippen molar-refractivity contribution in [1.82, 2.24) is 10.6 Å². The normalized spacial score (nSPS) is 30.6. The van der Waals surface area contributed by atoms with E-state index in [4.69, 9.17) is 17.3 Å². The molecule has 96 valence electrons. The Morgan fingerprint density at radius 1 is 1.41 bits per heavy atom. The van der Waals surface area contributed by atoms with Crippen molar-refractivity contribution in [1.29, 1.82) is 0 Å². The van der Waals surface area contributed by atoms with Crippen molar-refractivity contribution in [2.75, 3.05) is 6.61 Å². The van der Waals surface area contributed by atoms with E-state index in [1.807, 2.05) is 0 Å². The van der Waals surface area contributed by atoms with Gasteiger partial charge < -0.3 is 15.7 Å². The lowest BCUT2D eigenvalue weighted by molar-refractivity contribution is 0.244. The van der Waals surface area contributed by atoms with E-state index in [1.54, 1.807) is 0 Å². The van der Waals surface area contributed by atoms with Crippen molar-refractivity contribution in [3.05, 3.63) is 12.2 Å². The minimum atomic E-state index is -0.147. The fourth-order valence-electron chi connectivity index (χ4n) is 2.80. The monoisotopic (exact) mass is 254 g/mol. The number of allylic oxidation sites excluding steroid dienone is 1. The lowest BCUT2D eigenvalue weighted by atomic mass is 10.0. The van der Waals surface area contributed by atoms with Crippen LogP contribution in [0.3, 0.4) is 0 Å². The molecule has 0 aromatic heterocycles. The molecule has 3 atom stereocenters. The molecule has 1 saturated carbocycles. The van der Waals surface area contributed by atoms with Crippen LogP contribution < -0.4 is 10.6 Å². The van der Waals surface area contributed by atoms with Crippen LogP contribution in [0.2, 0.25) is 0 Å². The smallest absolute Gasteiger partial charge is 0.166 e. The van der Waals surface area contributed by atoms with Crippen LogP contribution in [-0.4, -0.2) is 28.4 Å². The Hall–Kier alpha value is -0.610. The van der Waals surface area contributed by atoms with E-state index in [0.29, 0.717) is 18.4 Å². The van der Waals surface area contributed by atoms with Gasteiger partial charge in [-0.2, -0.15) is 0 Å². The van der Waals surface area contributed by atoms with Crippen LogP contribution in [0.25, 0.3) is 0 Å². The van der Waals surface area contributed by atoms with Crippen molar-refractivity contribution in [2.24, 2.45) is 11.8 Å². The highest BCUT2D eigenvalue weighted by atomic mass is 32.1. The van der Waals surface area contributed by atoms with Crippen LogP contribution in [0.5, 0.6) is 0 Å². The van der Waals surface area contributed by atoms with Crippen molar-refractivity contribution >= 4 is 17.3 Å². The first-order valence-electron chi connectivity index (χ1n) is 6.38. The summed E-state index contributed by atoms with van der Waals surface area (Å²) in [5, 5.41) is 16.4. The molecule has 2 aliphatic carbocycles. The van der Waals surface area contributed by atoms with Crippen molar-refractivity contribution < 1.29 is 5.11 Å². The molecule has 0 spiro atoms. The summed E-state index contributed by atoms with van der Waals surface area (Å²) in [6.07, 6.45) is 7.82. The Morgan fingerprint density at radius 2 is 2.18 bits per heavy atom. The number of fused-ring (bicyclic) bond motifs is 2. The zero-order chi connectivity index (χ0) is 12.5. The summed E-state index contributed by atoms with van der Waals surface area (Å²) in [4.78, 5) is 0. The van der Waals surface area contributed by atoms with Gasteiger partial charge in [0.25, 0.3) is 0 Å². The summed E-state index contributed by atoms with van der Waals surface area (Å²) >= 11 is 5.34. The van der Waals surface area contributed by atoms with Crippen LogP contribution in [0.4, 0.5) is 0 Å². The van der Waals surface area contributed by atoms with E-state index in [9.17, 15) is 0 Å². The molecule has 3 nitrogen and oxygen atoms in total. The van der Waals surface area contributed by atoms with Gasteiger partial charge in [0.1, 0.15) is 0 Å². The maximum Gasteiger partial charge on any atom is 0.166 e. The third kappa shape index (κ3) is 3.19. The summed E-state index contributed by atoms with van der Waals surface area (Å²) in [7, 11) is 0. The average Bonchev–Trinajstić information content (AvgIpc) is 2.77. The molecule has 0 heterocycles. The highest BCUT2D eigenvalue weighted by molar-refractivity contribution is 7.80. The Labute approximate surface area is 109 Å². The lowest BCUT2D eigenvalue weighted by Crippen LogP contribution is -2.51. The molecule has 0 amide bonds. The van der Waals surface area contributed by atoms with Gasteiger partial charge in [0.05, 0.1) is 0 Å². The molecular weight excluding hydrogens is 232 g/mol. The average molecular weight is 254 g/mol. The molecule has 0 radical (unpaired) electrons. The van der Waals surface area contributed by atoms with Crippen molar-refractivity contribution in [3.63, 3.8) is 0 Å².